The van der Waals surface area contributed by atoms with Gasteiger partial charge >= 0.3 is 0 Å². The summed E-state index contributed by atoms with van der Waals surface area (Å²) < 4.78 is 19.1. The molecule has 1 aromatic rings. The van der Waals surface area contributed by atoms with E-state index < -0.39 is 5.91 Å². The van der Waals surface area contributed by atoms with E-state index in [4.69, 9.17) is 10.5 Å². The van der Waals surface area contributed by atoms with E-state index in [1.807, 2.05) is 6.92 Å². The van der Waals surface area contributed by atoms with Gasteiger partial charge in [0.1, 0.15) is 5.82 Å². The van der Waals surface area contributed by atoms with Crippen LogP contribution in [0.15, 0.2) is 18.2 Å². The van der Waals surface area contributed by atoms with Crippen molar-refractivity contribution in [2.75, 3.05) is 13.2 Å². The first-order valence-corrected chi connectivity index (χ1v) is 6.85. The van der Waals surface area contributed by atoms with Gasteiger partial charge in [-0.2, -0.15) is 0 Å². The van der Waals surface area contributed by atoms with Gasteiger partial charge in [0.25, 0.3) is 0 Å². The molecule has 0 aliphatic rings. The lowest BCUT2D eigenvalue weighted by molar-refractivity contribution is 0.0999. The molecule has 0 aliphatic carbocycles. The molecule has 0 spiro atoms. The molecule has 0 bridgehead atoms. The van der Waals surface area contributed by atoms with Crippen LogP contribution in [-0.2, 0) is 11.3 Å². The largest absolute Gasteiger partial charge is 0.380 e. The summed E-state index contributed by atoms with van der Waals surface area (Å²) in [5, 5.41) is 3.26. The normalized spacial score (nSPS) is 12.7. The van der Waals surface area contributed by atoms with Crippen LogP contribution >= 0.6 is 0 Å². The molecule has 0 saturated carbocycles. The van der Waals surface area contributed by atoms with Gasteiger partial charge in [0.2, 0.25) is 5.91 Å². The number of carbonyl (C=O) groups is 1. The molecule has 0 fully saturated rings. The maximum absolute atomic E-state index is 13.7. The number of halogens is 1. The number of primary amides is 1. The predicted molar refractivity (Wildman–Crippen MR) is 76.9 cm³/mol. The van der Waals surface area contributed by atoms with Crippen molar-refractivity contribution in [3.05, 3.63) is 35.1 Å². The van der Waals surface area contributed by atoms with Crippen LogP contribution in [0.25, 0.3) is 0 Å². The van der Waals surface area contributed by atoms with E-state index >= 15 is 0 Å². The van der Waals surface area contributed by atoms with E-state index in [1.165, 1.54) is 18.2 Å². The average Bonchev–Trinajstić information content (AvgIpc) is 2.39. The fourth-order valence-electron chi connectivity index (χ4n) is 1.84. The summed E-state index contributed by atoms with van der Waals surface area (Å²) in [7, 11) is 0. The van der Waals surface area contributed by atoms with E-state index in [1.54, 1.807) is 0 Å². The van der Waals surface area contributed by atoms with Gasteiger partial charge in [0, 0.05) is 30.3 Å². The highest BCUT2D eigenvalue weighted by atomic mass is 19.1. The summed E-state index contributed by atoms with van der Waals surface area (Å²) in [4.78, 5) is 11.1. The van der Waals surface area contributed by atoms with Gasteiger partial charge in [-0.05, 0) is 31.0 Å². The molecule has 0 radical (unpaired) electrons. The summed E-state index contributed by atoms with van der Waals surface area (Å²) in [5.41, 5.74) is 5.95. The van der Waals surface area contributed by atoms with Crippen LogP contribution in [0.2, 0.25) is 0 Å². The van der Waals surface area contributed by atoms with Crippen molar-refractivity contribution in [3.63, 3.8) is 0 Å². The zero-order valence-corrected chi connectivity index (χ0v) is 12.3. The SMILES string of the molecule is CCOCC(NCc1cc(C(N)=O)ccc1F)C(C)C. The van der Waals surface area contributed by atoms with E-state index in [0.29, 0.717) is 36.8 Å². The Labute approximate surface area is 119 Å². The molecule has 0 saturated heterocycles. The number of carbonyl (C=O) groups excluding carboxylic acids is 1. The lowest BCUT2D eigenvalue weighted by Crippen LogP contribution is -2.37. The van der Waals surface area contributed by atoms with Crippen LogP contribution in [0.1, 0.15) is 36.7 Å². The molecule has 0 heterocycles. The molecule has 5 heteroatoms. The molecule has 1 aromatic carbocycles. The average molecular weight is 282 g/mol. The zero-order chi connectivity index (χ0) is 15.1. The van der Waals surface area contributed by atoms with E-state index in [0.717, 1.165) is 0 Å². The Balaban J connectivity index is 2.71. The van der Waals surface area contributed by atoms with Gasteiger partial charge < -0.3 is 15.8 Å². The van der Waals surface area contributed by atoms with Crippen LogP contribution in [0.3, 0.4) is 0 Å². The highest BCUT2D eigenvalue weighted by Gasteiger charge is 2.14. The van der Waals surface area contributed by atoms with Crippen molar-refractivity contribution in [3.8, 4) is 0 Å². The first-order chi connectivity index (χ1) is 9.45. The van der Waals surface area contributed by atoms with Gasteiger partial charge in [-0.3, -0.25) is 4.79 Å². The van der Waals surface area contributed by atoms with Gasteiger partial charge in [0.05, 0.1) is 6.61 Å². The van der Waals surface area contributed by atoms with Gasteiger partial charge in [-0.25, -0.2) is 4.39 Å². The minimum absolute atomic E-state index is 0.131. The molecular formula is C15H23FN2O2. The molecule has 0 aliphatic heterocycles. The number of ether oxygens (including phenoxy) is 1. The molecule has 3 N–H and O–H groups in total. The van der Waals surface area contributed by atoms with Gasteiger partial charge in [-0.15, -0.1) is 0 Å². The Morgan fingerprint density at radius 2 is 2.15 bits per heavy atom. The number of nitrogens with two attached hydrogens (primary N) is 1. The number of hydrogen-bond acceptors (Lipinski definition) is 3. The van der Waals surface area contributed by atoms with E-state index in [2.05, 4.69) is 19.2 Å². The van der Waals surface area contributed by atoms with E-state index in [9.17, 15) is 9.18 Å². The summed E-state index contributed by atoms with van der Waals surface area (Å²) >= 11 is 0. The highest BCUT2D eigenvalue weighted by Crippen LogP contribution is 2.12. The summed E-state index contributed by atoms with van der Waals surface area (Å²) in [6.07, 6.45) is 0. The summed E-state index contributed by atoms with van der Waals surface area (Å²) in [6, 6.07) is 4.28. The molecule has 1 unspecified atom stereocenters. The maximum atomic E-state index is 13.7. The van der Waals surface area contributed by atoms with Crippen molar-refractivity contribution in [2.24, 2.45) is 11.7 Å². The summed E-state index contributed by atoms with van der Waals surface area (Å²) in [6.45, 7) is 7.65. The highest BCUT2D eigenvalue weighted by molar-refractivity contribution is 5.92. The van der Waals surface area contributed by atoms with Crippen LogP contribution in [0, 0.1) is 11.7 Å². The van der Waals surface area contributed by atoms with E-state index in [-0.39, 0.29) is 11.9 Å². The van der Waals surface area contributed by atoms with Crippen molar-refractivity contribution in [2.45, 2.75) is 33.4 Å². The Bertz CT molecular complexity index is 449. The standard InChI is InChI=1S/C15H23FN2O2/c1-4-20-9-14(10(2)3)18-8-12-7-11(15(17)19)5-6-13(12)16/h5-7,10,14,18H,4,8-9H2,1-3H3,(H2,17,19). The number of benzene rings is 1. The second-order valence-corrected chi connectivity index (χ2v) is 5.06. The molecule has 4 nitrogen and oxygen atoms in total. The number of rotatable bonds is 8. The van der Waals surface area contributed by atoms with Crippen molar-refractivity contribution in [1.29, 1.82) is 0 Å². The topological polar surface area (TPSA) is 64.3 Å². The Kier molecular flexibility index (Phi) is 6.61. The lowest BCUT2D eigenvalue weighted by atomic mass is 10.0. The van der Waals surface area contributed by atoms with Gasteiger partial charge in [0.15, 0.2) is 0 Å². The molecule has 1 amide bonds. The molecule has 1 atom stereocenters. The molecule has 112 valence electrons. The third-order valence-corrected chi connectivity index (χ3v) is 3.19. The Morgan fingerprint density at radius 3 is 2.70 bits per heavy atom. The summed E-state index contributed by atoms with van der Waals surface area (Å²) in [5.74, 6) is -0.536. The minimum atomic E-state index is -0.555. The van der Waals surface area contributed by atoms with Crippen LogP contribution in [-0.4, -0.2) is 25.2 Å². The van der Waals surface area contributed by atoms with Crippen molar-refractivity contribution in [1.82, 2.24) is 5.32 Å². The van der Waals surface area contributed by atoms with Crippen molar-refractivity contribution < 1.29 is 13.9 Å². The fourth-order valence-corrected chi connectivity index (χ4v) is 1.84. The zero-order valence-electron chi connectivity index (χ0n) is 12.3. The minimum Gasteiger partial charge on any atom is -0.380 e. The molecular weight excluding hydrogens is 259 g/mol. The van der Waals surface area contributed by atoms with Gasteiger partial charge in [-0.1, -0.05) is 13.8 Å². The molecule has 1 rings (SSSR count). The number of amides is 1. The smallest absolute Gasteiger partial charge is 0.248 e. The fraction of sp³-hybridized carbons (Fsp3) is 0.533. The Hall–Kier alpha value is -1.46. The molecule has 0 aromatic heterocycles. The van der Waals surface area contributed by atoms with Crippen LogP contribution in [0.5, 0.6) is 0 Å². The molecule has 20 heavy (non-hydrogen) atoms. The third-order valence-electron chi connectivity index (χ3n) is 3.19. The second kappa shape index (κ2) is 7.97. The van der Waals surface area contributed by atoms with Crippen LogP contribution < -0.4 is 11.1 Å². The first-order valence-electron chi connectivity index (χ1n) is 6.85. The first kappa shape index (κ1) is 16.6. The number of hydrogen-bond donors (Lipinski definition) is 2. The second-order valence-electron chi connectivity index (χ2n) is 5.06. The predicted octanol–water partition coefficient (Wildman–Crippen LogP) is 2.08. The van der Waals surface area contributed by atoms with Crippen molar-refractivity contribution >= 4 is 5.91 Å². The third kappa shape index (κ3) is 4.90. The number of nitrogens with one attached hydrogen (secondary N) is 1. The lowest BCUT2D eigenvalue weighted by Gasteiger charge is -2.22. The monoisotopic (exact) mass is 282 g/mol. The quantitative estimate of drug-likeness (QED) is 0.767. The Morgan fingerprint density at radius 1 is 1.45 bits per heavy atom. The van der Waals surface area contributed by atoms with Crippen LogP contribution in [0.4, 0.5) is 4.39 Å². The maximum Gasteiger partial charge on any atom is 0.248 e.